The lowest BCUT2D eigenvalue weighted by Gasteiger charge is -2.42. The maximum atomic E-state index is 13.7. The number of anilines is 1. The highest BCUT2D eigenvalue weighted by Gasteiger charge is 2.44. The Bertz CT molecular complexity index is 1490. The molecule has 1 aliphatic carbocycles. The molecular formula is C31H29ClN2O4. The van der Waals surface area contributed by atoms with Crippen molar-refractivity contribution in [1.29, 1.82) is 5.41 Å². The summed E-state index contributed by atoms with van der Waals surface area (Å²) < 4.78 is 11.2. The first-order chi connectivity index (χ1) is 18.3. The molecule has 2 N–H and O–H groups in total. The van der Waals surface area contributed by atoms with Crippen molar-refractivity contribution in [3.05, 3.63) is 105 Å². The van der Waals surface area contributed by atoms with Gasteiger partial charge in [0.05, 0.1) is 20.1 Å². The highest BCUT2D eigenvalue weighted by atomic mass is 35.5. The van der Waals surface area contributed by atoms with Gasteiger partial charge in [-0.2, -0.15) is 0 Å². The molecule has 6 nitrogen and oxygen atoms in total. The number of Topliss-reactive ketones (excluding diaryl/α,β-unsaturated/α-hetero) is 1. The van der Waals surface area contributed by atoms with Crippen molar-refractivity contribution in [2.75, 3.05) is 19.1 Å². The number of aryl methyl sites for hydroxylation is 1. The van der Waals surface area contributed by atoms with Gasteiger partial charge in [-0.25, -0.2) is 0 Å². The van der Waals surface area contributed by atoms with Gasteiger partial charge in [0, 0.05) is 45.1 Å². The standard InChI is InChI=1S/C31H29ClN2O4/c1-18-10-12-19(13-11-18)30(36)29-27(23-17-22(37-2)14-15-26(23)38-3)28-24(8-5-9-25(28)35)34(31(29)33)21-7-4-6-20(32)16-21/h4,6-7,10-17,27,33,36H,5,8-9H2,1-3H3/t27-/m1/s1. The van der Waals surface area contributed by atoms with E-state index in [0.29, 0.717) is 63.7 Å². The average Bonchev–Trinajstić information content (AvgIpc) is 2.92. The number of nitrogens with one attached hydrogen (secondary N) is 1. The lowest BCUT2D eigenvalue weighted by atomic mass is 9.73. The molecule has 0 fully saturated rings. The van der Waals surface area contributed by atoms with Crippen molar-refractivity contribution >= 4 is 34.7 Å². The summed E-state index contributed by atoms with van der Waals surface area (Å²) in [6, 6.07) is 20.1. The van der Waals surface area contributed by atoms with E-state index in [1.165, 1.54) is 0 Å². The quantitative estimate of drug-likeness (QED) is 0.341. The Hall–Kier alpha value is -4.03. The van der Waals surface area contributed by atoms with E-state index in [2.05, 4.69) is 0 Å². The van der Waals surface area contributed by atoms with Crippen molar-refractivity contribution < 1.29 is 19.4 Å². The molecule has 2 aliphatic rings. The lowest BCUT2D eigenvalue weighted by molar-refractivity contribution is -0.116. The van der Waals surface area contributed by atoms with Crippen LogP contribution in [0.25, 0.3) is 5.76 Å². The van der Waals surface area contributed by atoms with Crippen molar-refractivity contribution in [3.63, 3.8) is 0 Å². The molecule has 38 heavy (non-hydrogen) atoms. The first-order valence-electron chi connectivity index (χ1n) is 12.5. The Balaban J connectivity index is 1.87. The summed E-state index contributed by atoms with van der Waals surface area (Å²) in [4.78, 5) is 15.5. The predicted octanol–water partition coefficient (Wildman–Crippen LogP) is 7.22. The molecule has 0 amide bonds. The van der Waals surface area contributed by atoms with Crippen molar-refractivity contribution in [1.82, 2.24) is 0 Å². The number of aliphatic hydroxyl groups excluding tert-OH is 1. The normalized spacial score (nSPS) is 18.8. The number of hydrogen-bond donors (Lipinski definition) is 2. The third-order valence-corrected chi connectivity index (χ3v) is 7.38. The SMILES string of the molecule is COc1ccc(OC)c([C@H]2C(=C(O)c3ccc(C)cc3)C(=N)N(c3cccc(Cl)c3)C3=C2C(=O)CCC3)c1. The van der Waals surface area contributed by atoms with Crippen molar-refractivity contribution in [2.45, 2.75) is 32.1 Å². The van der Waals surface area contributed by atoms with Crippen LogP contribution in [0.2, 0.25) is 5.02 Å². The Morgan fingerprint density at radius 1 is 1.03 bits per heavy atom. The van der Waals surface area contributed by atoms with Crippen LogP contribution < -0.4 is 14.4 Å². The van der Waals surface area contributed by atoms with Gasteiger partial charge in [-0.1, -0.05) is 47.5 Å². The van der Waals surface area contributed by atoms with Gasteiger partial charge in [-0.3, -0.25) is 15.1 Å². The van der Waals surface area contributed by atoms with Gasteiger partial charge in [0.15, 0.2) is 5.78 Å². The maximum absolute atomic E-state index is 13.7. The number of carbonyl (C=O) groups excluding carboxylic acids is 1. The van der Waals surface area contributed by atoms with E-state index in [-0.39, 0.29) is 17.4 Å². The van der Waals surface area contributed by atoms with E-state index >= 15 is 0 Å². The number of ketones is 1. The molecule has 0 saturated carbocycles. The van der Waals surface area contributed by atoms with Gasteiger partial charge in [0.2, 0.25) is 0 Å². The summed E-state index contributed by atoms with van der Waals surface area (Å²) in [5.74, 6) is 0.390. The Kier molecular flexibility index (Phi) is 7.00. The van der Waals surface area contributed by atoms with Crippen LogP contribution in [-0.2, 0) is 4.79 Å². The second kappa shape index (κ2) is 10.4. The molecule has 3 aromatic carbocycles. The minimum atomic E-state index is -0.730. The Morgan fingerprint density at radius 3 is 2.47 bits per heavy atom. The molecule has 0 radical (unpaired) electrons. The van der Waals surface area contributed by atoms with Gasteiger partial charge >= 0.3 is 0 Å². The minimum Gasteiger partial charge on any atom is -0.507 e. The van der Waals surface area contributed by atoms with Crippen molar-refractivity contribution in [3.8, 4) is 11.5 Å². The minimum absolute atomic E-state index is 0.0187. The molecular weight excluding hydrogens is 500 g/mol. The zero-order valence-electron chi connectivity index (χ0n) is 21.5. The Morgan fingerprint density at radius 2 is 1.79 bits per heavy atom. The van der Waals surface area contributed by atoms with Gasteiger partial charge in [0.25, 0.3) is 0 Å². The summed E-state index contributed by atoms with van der Waals surface area (Å²) in [7, 11) is 3.14. The van der Waals surface area contributed by atoms with Crippen LogP contribution >= 0.6 is 11.6 Å². The monoisotopic (exact) mass is 528 g/mol. The number of carbonyl (C=O) groups is 1. The van der Waals surface area contributed by atoms with Crippen LogP contribution in [0.3, 0.4) is 0 Å². The van der Waals surface area contributed by atoms with E-state index in [1.807, 2.05) is 49.4 Å². The molecule has 7 heteroatoms. The smallest absolute Gasteiger partial charge is 0.161 e. The number of ether oxygens (including phenoxy) is 2. The van der Waals surface area contributed by atoms with E-state index < -0.39 is 5.92 Å². The van der Waals surface area contributed by atoms with Crippen LogP contribution in [0, 0.1) is 12.3 Å². The second-order valence-electron chi connectivity index (χ2n) is 9.47. The largest absolute Gasteiger partial charge is 0.507 e. The van der Waals surface area contributed by atoms with Gasteiger partial charge < -0.3 is 14.6 Å². The first-order valence-corrected chi connectivity index (χ1v) is 12.8. The summed E-state index contributed by atoms with van der Waals surface area (Å²) in [5, 5.41) is 21.8. The third-order valence-electron chi connectivity index (χ3n) is 7.15. The molecule has 0 aromatic heterocycles. The number of halogens is 1. The molecule has 5 rings (SSSR count). The van der Waals surface area contributed by atoms with Gasteiger partial charge in [0.1, 0.15) is 23.1 Å². The average molecular weight is 529 g/mol. The summed E-state index contributed by atoms with van der Waals surface area (Å²) in [5.41, 5.74) is 4.52. The fourth-order valence-corrected chi connectivity index (χ4v) is 5.52. The second-order valence-corrected chi connectivity index (χ2v) is 9.91. The lowest BCUT2D eigenvalue weighted by Crippen LogP contribution is -2.42. The highest BCUT2D eigenvalue weighted by molar-refractivity contribution is 6.31. The molecule has 1 aliphatic heterocycles. The third kappa shape index (κ3) is 4.45. The van der Waals surface area contributed by atoms with Crippen LogP contribution in [0.4, 0.5) is 5.69 Å². The van der Waals surface area contributed by atoms with E-state index in [4.69, 9.17) is 21.1 Å². The number of nitrogens with zero attached hydrogens (tertiary/aromatic N) is 1. The molecule has 3 aromatic rings. The van der Waals surface area contributed by atoms with Crippen LogP contribution in [0.5, 0.6) is 11.5 Å². The van der Waals surface area contributed by atoms with E-state index in [9.17, 15) is 15.3 Å². The molecule has 0 bridgehead atoms. The zero-order valence-corrected chi connectivity index (χ0v) is 22.3. The van der Waals surface area contributed by atoms with Crippen LogP contribution in [0.15, 0.2) is 83.6 Å². The maximum Gasteiger partial charge on any atom is 0.161 e. The summed E-state index contributed by atoms with van der Waals surface area (Å²) >= 11 is 6.35. The molecule has 0 unspecified atom stereocenters. The number of methoxy groups -OCH3 is 2. The summed E-state index contributed by atoms with van der Waals surface area (Å²) in [6.07, 6.45) is 1.67. The van der Waals surface area contributed by atoms with Gasteiger partial charge in [-0.15, -0.1) is 0 Å². The molecule has 1 atom stereocenters. The van der Waals surface area contributed by atoms with Crippen LogP contribution in [0.1, 0.15) is 41.9 Å². The predicted molar refractivity (Wildman–Crippen MR) is 151 cm³/mol. The van der Waals surface area contributed by atoms with Crippen molar-refractivity contribution in [2.24, 2.45) is 0 Å². The number of benzene rings is 3. The fraction of sp³-hybridized carbons (Fsp3) is 0.226. The molecule has 1 heterocycles. The zero-order chi connectivity index (χ0) is 27.0. The number of rotatable bonds is 5. The fourth-order valence-electron chi connectivity index (χ4n) is 5.33. The highest BCUT2D eigenvalue weighted by Crippen LogP contribution is 2.50. The number of aliphatic hydroxyl groups is 1. The Labute approximate surface area is 227 Å². The molecule has 194 valence electrons. The number of hydrogen-bond acceptors (Lipinski definition) is 5. The summed E-state index contributed by atoms with van der Waals surface area (Å²) in [6.45, 7) is 1.97. The number of allylic oxidation sites excluding steroid dienone is 2. The molecule has 0 spiro atoms. The van der Waals surface area contributed by atoms with Gasteiger partial charge in [-0.05, 0) is 56.2 Å². The topological polar surface area (TPSA) is 82.8 Å². The van der Waals surface area contributed by atoms with E-state index in [0.717, 1.165) is 11.3 Å². The first kappa shape index (κ1) is 25.6. The van der Waals surface area contributed by atoms with E-state index in [1.54, 1.807) is 43.4 Å². The van der Waals surface area contributed by atoms with Crippen LogP contribution in [-0.4, -0.2) is 30.9 Å². The molecule has 0 saturated heterocycles. The number of amidine groups is 1.